The Bertz CT molecular complexity index is 409. The first kappa shape index (κ1) is 19.7. The SMILES string of the molecule is O=C(NC1CCCC(NC(=O)C2CCCCCC2)C1)C1CCCCCC1. The van der Waals surface area contributed by atoms with Crippen LogP contribution in [-0.2, 0) is 9.59 Å². The van der Waals surface area contributed by atoms with Crippen molar-refractivity contribution >= 4 is 11.8 Å². The summed E-state index contributed by atoms with van der Waals surface area (Å²) >= 11 is 0. The largest absolute Gasteiger partial charge is 0.353 e. The van der Waals surface area contributed by atoms with Gasteiger partial charge in [0.05, 0.1) is 0 Å². The summed E-state index contributed by atoms with van der Waals surface area (Å²) in [4.78, 5) is 25.3. The molecule has 4 heteroatoms. The molecule has 4 nitrogen and oxygen atoms in total. The molecule has 0 spiro atoms. The molecular weight excluding hydrogens is 324 g/mol. The molecule has 0 saturated heterocycles. The van der Waals surface area contributed by atoms with E-state index < -0.39 is 0 Å². The van der Waals surface area contributed by atoms with Crippen LogP contribution in [0.2, 0.25) is 0 Å². The highest BCUT2D eigenvalue weighted by molar-refractivity contribution is 5.79. The normalized spacial score (nSPS) is 29.4. The smallest absolute Gasteiger partial charge is 0.223 e. The molecule has 26 heavy (non-hydrogen) atoms. The van der Waals surface area contributed by atoms with Gasteiger partial charge in [-0.3, -0.25) is 9.59 Å². The van der Waals surface area contributed by atoms with Crippen LogP contribution in [0.1, 0.15) is 103 Å². The van der Waals surface area contributed by atoms with Gasteiger partial charge in [-0.25, -0.2) is 0 Å². The molecule has 0 aromatic carbocycles. The maximum Gasteiger partial charge on any atom is 0.223 e. The van der Waals surface area contributed by atoms with Crippen LogP contribution in [-0.4, -0.2) is 23.9 Å². The molecular formula is C22H38N2O2. The molecule has 0 bridgehead atoms. The van der Waals surface area contributed by atoms with E-state index in [0.717, 1.165) is 51.4 Å². The summed E-state index contributed by atoms with van der Waals surface area (Å²) in [5, 5.41) is 6.64. The Hall–Kier alpha value is -1.06. The molecule has 0 heterocycles. The van der Waals surface area contributed by atoms with E-state index in [0.29, 0.717) is 0 Å². The average Bonchev–Trinajstić information content (AvgIpc) is 3.07. The van der Waals surface area contributed by atoms with Gasteiger partial charge in [-0.2, -0.15) is 0 Å². The molecule has 0 aliphatic heterocycles. The number of amides is 2. The zero-order valence-electron chi connectivity index (χ0n) is 16.4. The van der Waals surface area contributed by atoms with Gasteiger partial charge in [0.15, 0.2) is 0 Å². The molecule has 2 amide bonds. The quantitative estimate of drug-likeness (QED) is 0.725. The van der Waals surface area contributed by atoms with Crippen LogP contribution in [0.4, 0.5) is 0 Å². The molecule has 3 saturated carbocycles. The van der Waals surface area contributed by atoms with E-state index in [4.69, 9.17) is 0 Å². The molecule has 3 fully saturated rings. The summed E-state index contributed by atoms with van der Waals surface area (Å²) in [7, 11) is 0. The van der Waals surface area contributed by atoms with Crippen LogP contribution >= 0.6 is 0 Å². The fraction of sp³-hybridized carbons (Fsp3) is 0.909. The maximum absolute atomic E-state index is 12.6. The van der Waals surface area contributed by atoms with E-state index in [9.17, 15) is 9.59 Å². The van der Waals surface area contributed by atoms with E-state index in [2.05, 4.69) is 10.6 Å². The van der Waals surface area contributed by atoms with Gasteiger partial charge in [-0.1, -0.05) is 51.4 Å². The van der Waals surface area contributed by atoms with Crippen LogP contribution < -0.4 is 10.6 Å². The van der Waals surface area contributed by atoms with Crippen molar-refractivity contribution in [2.45, 2.75) is 115 Å². The molecule has 2 atom stereocenters. The van der Waals surface area contributed by atoms with Crippen LogP contribution in [0.5, 0.6) is 0 Å². The zero-order chi connectivity index (χ0) is 18.2. The van der Waals surface area contributed by atoms with E-state index in [1.807, 2.05) is 0 Å². The van der Waals surface area contributed by atoms with E-state index in [1.54, 1.807) is 0 Å². The lowest BCUT2D eigenvalue weighted by molar-refractivity contribution is -0.126. The van der Waals surface area contributed by atoms with E-state index >= 15 is 0 Å². The molecule has 0 radical (unpaired) electrons. The maximum atomic E-state index is 12.6. The van der Waals surface area contributed by atoms with Crippen LogP contribution in [0.3, 0.4) is 0 Å². The number of rotatable bonds is 4. The van der Waals surface area contributed by atoms with Gasteiger partial charge in [0, 0.05) is 23.9 Å². The topological polar surface area (TPSA) is 58.2 Å². The van der Waals surface area contributed by atoms with Gasteiger partial charge in [-0.05, 0) is 51.4 Å². The lowest BCUT2D eigenvalue weighted by Gasteiger charge is -2.32. The molecule has 3 rings (SSSR count). The van der Waals surface area contributed by atoms with Crippen LogP contribution in [0.15, 0.2) is 0 Å². The van der Waals surface area contributed by atoms with Crippen molar-refractivity contribution in [3.8, 4) is 0 Å². The fourth-order valence-corrected chi connectivity index (χ4v) is 5.17. The lowest BCUT2D eigenvalue weighted by Crippen LogP contribution is -2.48. The summed E-state index contributed by atoms with van der Waals surface area (Å²) in [6.45, 7) is 0. The molecule has 0 aromatic heterocycles. The third kappa shape index (κ3) is 5.99. The summed E-state index contributed by atoms with van der Waals surface area (Å²) in [6.07, 6.45) is 18.3. The minimum absolute atomic E-state index is 0.221. The van der Waals surface area contributed by atoms with Crippen LogP contribution in [0, 0.1) is 11.8 Å². The second-order valence-corrected chi connectivity index (χ2v) is 8.95. The van der Waals surface area contributed by atoms with Gasteiger partial charge in [0.1, 0.15) is 0 Å². The predicted octanol–water partition coefficient (Wildman–Crippen LogP) is 4.47. The number of nitrogens with one attached hydrogen (secondary N) is 2. The Morgan fingerprint density at radius 3 is 1.27 bits per heavy atom. The number of hydrogen-bond acceptors (Lipinski definition) is 2. The Balaban J connectivity index is 1.44. The second-order valence-electron chi connectivity index (χ2n) is 8.95. The molecule has 3 aliphatic rings. The lowest BCUT2D eigenvalue weighted by atomic mass is 9.89. The highest BCUT2D eigenvalue weighted by atomic mass is 16.2. The van der Waals surface area contributed by atoms with Crippen LogP contribution in [0.25, 0.3) is 0 Å². The van der Waals surface area contributed by atoms with Crippen molar-refractivity contribution in [2.75, 3.05) is 0 Å². The first-order valence-electron chi connectivity index (χ1n) is 11.3. The van der Waals surface area contributed by atoms with Crippen molar-refractivity contribution in [1.29, 1.82) is 0 Å². The first-order valence-corrected chi connectivity index (χ1v) is 11.3. The Morgan fingerprint density at radius 1 is 0.500 bits per heavy atom. The summed E-state index contributed by atoms with van der Waals surface area (Å²) in [5.41, 5.74) is 0. The summed E-state index contributed by atoms with van der Waals surface area (Å²) in [5.74, 6) is 0.984. The number of carbonyl (C=O) groups is 2. The summed E-state index contributed by atoms with van der Waals surface area (Å²) < 4.78 is 0. The second kappa shape index (κ2) is 10.3. The van der Waals surface area contributed by atoms with Crippen molar-refractivity contribution < 1.29 is 9.59 Å². The standard InChI is InChI=1S/C22H38N2O2/c25-21(17-10-5-1-2-6-11-17)23-19-14-9-15-20(16-19)24-22(26)18-12-7-3-4-8-13-18/h17-20H,1-16H2,(H,23,25)(H,24,26). The van der Waals surface area contributed by atoms with Gasteiger partial charge < -0.3 is 10.6 Å². The van der Waals surface area contributed by atoms with Crippen molar-refractivity contribution in [3.63, 3.8) is 0 Å². The predicted molar refractivity (Wildman–Crippen MR) is 105 cm³/mol. The van der Waals surface area contributed by atoms with Crippen molar-refractivity contribution in [1.82, 2.24) is 10.6 Å². The Labute approximate surface area is 159 Å². The Kier molecular flexibility index (Phi) is 7.82. The molecule has 0 aromatic rings. The highest BCUT2D eigenvalue weighted by Crippen LogP contribution is 2.26. The average molecular weight is 363 g/mol. The van der Waals surface area contributed by atoms with Gasteiger partial charge in [0.2, 0.25) is 11.8 Å². The third-order valence-electron chi connectivity index (χ3n) is 6.82. The van der Waals surface area contributed by atoms with Crippen molar-refractivity contribution in [2.24, 2.45) is 11.8 Å². The number of hydrogen-bond donors (Lipinski definition) is 2. The van der Waals surface area contributed by atoms with Gasteiger partial charge in [0.25, 0.3) is 0 Å². The third-order valence-corrected chi connectivity index (χ3v) is 6.82. The molecule has 2 unspecified atom stereocenters. The fourth-order valence-electron chi connectivity index (χ4n) is 5.17. The van der Waals surface area contributed by atoms with E-state index in [1.165, 1.54) is 51.4 Å². The minimum atomic E-state index is 0.221. The summed E-state index contributed by atoms with van der Waals surface area (Å²) in [6, 6.07) is 0.498. The zero-order valence-corrected chi connectivity index (χ0v) is 16.4. The first-order chi connectivity index (χ1) is 12.7. The minimum Gasteiger partial charge on any atom is -0.353 e. The molecule has 148 valence electrons. The van der Waals surface area contributed by atoms with Gasteiger partial charge >= 0.3 is 0 Å². The monoisotopic (exact) mass is 362 g/mol. The number of carbonyl (C=O) groups excluding carboxylic acids is 2. The van der Waals surface area contributed by atoms with E-state index in [-0.39, 0.29) is 35.7 Å². The molecule has 2 N–H and O–H groups in total. The Morgan fingerprint density at radius 2 is 0.885 bits per heavy atom. The van der Waals surface area contributed by atoms with Crippen molar-refractivity contribution in [3.05, 3.63) is 0 Å². The molecule has 3 aliphatic carbocycles. The van der Waals surface area contributed by atoms with Gasteiger partial charge in [-0.15, -0.1) is 0 Å². The highest BCUT2D eigenvalue weighted by Gasteiger charge is 2.29.